The van der Waals surface area contributed by atoms with Gasteiger partial charge in [0.05, 0.1) is 18.7 Å². The summed E-state index contributed by atoms with van der Waals surface area (Å²) in [5, 5.41) is 12.6. The fourth-order valence-corrected chi connectivity index (χ4v) is 2.37. The van der Waals surface area contributed by atoms with Gasteiger partial charge >= 0.3 is 6.03 Å². The average Bonchev–Trinajstić information content (AvgIpc) is 2.91. The third-order valence-corrected chi connectivity index (χ3v) is 3.37. The Kier molecular flexibility index (Phi) is 5.39. The van der Waals surface area contributed by atoms with Crippen molar-refractivity contribution >= 4 is 6.03 Å². The van der Waals surface area contributed by atoms with Crippen molar-refractivity contribution in [2.75, 3.05) is 13.6 Å². The van der Waals surface area contributed by atoms with Gasteiger partial charge in [-0.2, -0.15) is 0 Å². The van der Waals surface area contributed by atoms with Gasteiger partial charge in [-0.05, 0) is 19.4 Å². The number of likely N-dealkylation sites (N-methyl/N-ethyl adjacent to an activating group) is 1. The van der Waals surface area contributed by atoms with E-state index in [1.165, 1.54) is 10.5 Å². The molecule has 124 valence electrons. The molecule has 6 nitrogen and oxygen atoms in total. The van der Waals surface area contributed by atoms with Crippen molar-refractivity contribution in [2.24, 2.45) is 0 Å². The van der Waals surface area contributed by atoms with Gasteiger partial charge in [0, 0.05) is 26.0 Å². The number of nitrogens with zero attached hydrogens (tertiary/aromatic N) is 3. The lowest BCUT2D eigenvalue weighted by Crippen LogP contribution is -2.44. The highest BCUT2D eigenvalue weighted by Crippen LogP contribution is 2.06. The lowest BCUT2D eigenvalue weighted by molar-refractivity contribution is 0.0531. The number of urea groups is 1. The molecule has 0 aliphatic rings. The molecule has 0 spiro atoms. The predicted molar refractivity (Wildman–Crippen MR) is 88.9 cm³/mol. The van der Waals surface area contributed by atoms with Crippen molar-refractivity contribution in [3.63, 3.8) is 0 Å². The van der Waals surface area contributed by atoms with Gasteiger partial charge in [0.15, 0.2) is 0 Å². The van der Waals surface area contributed by atoms with E-state index in [0.717, 1.165) is 5.82 Å². The molecule has 0 bridgehead atoms. The van der Waals surface area contributed by atoms with E-state index >= 15 is 0 Å². The van der Waals surface area contributed by atoms with Crippen LogP contribution in [-0.4, -0.2) is 44.8 Å². The lowest BCUT2D eigenvalue weighted by atomic mass is 10.1. The van der Waals surface area contributed by atoms with Crippen LogP contribution in [0.1, 0.15) is 25.2 Å². The van der Waals surface area contributed by atoms with Crippen molar-refractivity contribution in [3.8, 4) is 0 Å². The normalized spacial score (nSPS) is 11.3. The van der Waals surface area contributed by atoms with Crippen LogP contribution in [-0.2, 0) is 13.1 Å². The number of hydrogen-bond acceptors (Lipinski definition) is 3. The first kappa shape index (κ1) is 17.0. The molecule has 0 saturated carbocycles. The summed E-state index contributed by atoms with van der Waals surface area (Å²) in [7, 11) is 1.66. The highest BCUT2D eigenvalue weighted by Gasteiger charge is 2.19. The Labute approximate surface area is 136 Å². The van der Waals surface area contributed by atoms with E-state index in [1.54, 1.807) is 27.1 Å². The third kappa shape index (κ3) is 5.41. The highest BCUT2D eigenvalue weighted by molar-refractivity contribution is 5.73. The Morgan fingerprint density at radius 3 is 2.70 bits per heavy atom. The topological polar surface area (TPSA) is 70.4 Å². The second-order valence-corrected chi connectivity index (χ2v) is 6.28. The quantitative estimate of drug-likeness (QED) is 0.854. The first-order valence-electron chi connectivity index (χ1n) is 7.60. The maximum absolute atomic E-state index is 12.1. The molecule has 0 saturated heterocycles. The van der Waals surface area contributed by atoms with Crippen LogP contribution in [0.3, 0.4) is 0 Å². The Balaban J connectivity index is 1.92. The molecule has 0 aliphatic carbocycles. The smallest absolute Gasteiger partial charge is 0.317 e. The largest absolute Gasteiger partial charge is 0.389 e. The molecule has 1 aromatic carbocycles. The number of benzene rings is 1. The van der Waals surface area contributed by atoms with Gasteiger partial charge in [0.1, 0.15) is 5.82 Å². The number of aromatic nitrogens is 2. The van der Waals surface area contributed by atoms with E-state index < -0.39 is 5.60 Å². The van der Waals surface area contributed by atoms with Crippen LogP contribution >= 0.6 is 0 Å². The van der Waals surface area contributed by atoms with Crippen LogP contribution in [0.5, 0.6) is 0 Å². The van der Waals surface area contributed by atoms with Crippen molar-refractivity contribution in [2.45, 2.75) is 32.5 Å². The second-order valence-electron chi connectivity index (χ2n) is 6.28. The number of rotatable bonds is 6. The molecule has 0 atom stereocenters. The summed E-state index contributed by atoms with van der Waals surface area (Å²) in [5.41, 5.74) is 0.259. The third-order valence-electron chi connectivity index (χ3n) is 3.37. The zero-order valence-electron chi connectivity index (χ0n) is 13.9. The fraction of sp³-hybridized carbons (Fsp3) is 0.412. The molecule has 2 rings (SSSR count). The van der Waals surface area contributed by atoms with Crippen LogP contribution in [0.15, 0.2) is 42.7 Å². The minimum atomic E-state index is -0.919. The predicted octanol–water partition coefficient (Wildman–Crippen LogP) is 1.84. The molecule has 1 aromatic heterocycles. The van der Waals surface area contributed by atoms with Crippen molar-refractivity contribution in [1.82, 2.24) is 19.8 Å². The number of aliphatic hydroxyl groups is 1. The molecular formula is C17H24N4O2. The first-order chi connectivity index (χ1) is 10.8. The van der Waals surface area contributed by atoms with E-state index in [9.17, 15) is 9.90 Å². The molecule has 1 heterocycles. The standard InChI is InChI=1S/C17H24N4O2/c1-17(2,23)13-20(3)16(22)19-11-15-18-9-10-21(15)12-14-7-5-4-6-8-14/h4-10,23H,11-13H2,1-3H3,(H,19,22). The molecule has 6 heteroatoms. The summed E-state index contributed by atoms with van der Waals surface area (Å²) in [6, 6.07) is 9.86. The Morgan fingerprint density at radius 2 is 2.04 bits per heavy atom. The Morgan fingerprint density at radius 1 is 1.35 bits per heavy atom. The van der Waals surface area contributed by atoms with Crippen LogP contribution in [0.25, 0.3) is 0 Å². The summed E-state index contributed by atoms with van der Waals surface area (Å²) in [4.78, 5) is 17.8. The summed E-state index contributed by atoms with van der Waals surface area (Å²) >= 11 is 0. The molecule has 2 aromatic rings. The number of carbonyl (C=O) groups excluding carboxylic acids is 1. The summed E-state index contributed by atoms with van der Waals surface area (Å²) in [5.74, 6) is 0.791. The van der Waals surface area contributed by atoms with E-state index in [1.807, 2.05) is 29.0 Å². The molecule has 2 N–H and O–H groups in total. The maximum atomic E-state index is 12.1. The lowest BCUT2D eigenvalue weighted by Gasteiger charge is -2.25. The minimum absolute atomic E-state index is 0.235. The van der Waals surface area contributed by atoms with E-state index in [-0.39, 0.29) is 12.6 Å². The van der Waals surface area contributed by atoms with Crippen LogP contribution in [0, 0.1) is 0 Å². The van der Waals surface area contributed by atoms with Crippen molar-refractivity contribution in [3.05, 3.63) is 54.1 Å². The monoisotopic (exact) mass is 316 g/mol. The van der Waals surface area contributed by atoms with Crippen molar-refractivity contribution in [1.29, 1.82) is 0 Å². The van der Waals surface area contributed by atoms with Gasteiger partial charge in [-0.25, -0.2) is 9.78 Å². The molecule has 2 amide bonds. The molecule has 0 aliphatic heterocycles. The van der Waals surface area contributed by atoms with E-state index in [4.69, 9.17) is 0 Å². The molecule has 0 fully saturated rings. The second kappa shape index (κ2) is 7.28. The molecular weight excluding hydrogens is 292 g/mol. The van der Waals surface area contributed by atoms with Crippen LogP contribution in [0.4, 0.5) is 4.79 Å². The summed E-state index contributed by atoms with van der Waals surface area (Å²) in [6.07, 6.45) is 3.63. The highest BCUT2D eigenvalue weighted by atomic mass is 16.3. The molecule has 0 radical (unpaired) electrons. The number of nitrogens with one attached hydrogen (secondary N) is 1. The van der Waals surface area contributed by atoms with Crippen LogP contribution in [0.2, 0.25) is 0 Å². The van der Waals surface area contributed by atoms with Gasteiger partial charge in [0.25, 0.3) is 0 Å². The van der Waals surface area contributed by atoms with Gasteiger partial charge < -0.3 is 19.9 Å². The van der Waals surface area contributed by atoms with Crippen LogP contribution < -0.4 is 5.32 Å². The number of imidazole rings is 1. The Hall–Kier alpha value is -2.34. The number of carbonyl (C=O) groups is 1. The van der Waals surface area contributed by atoms with Gasteiger partial charge in [0.2, 0.25) is 0 Å². The SMILES string of the molecule is CN(CC(C)(C)O)C(=O)NCc1nccn1Cc1ccccc1. The zero-order chi connectivity index (χ0) is 16.9. The van der Waals surface area contributed by atoms with Crippen molar-refractivity contribution < 1.29 is 9.90 Å². The maximum Gasteiger partial charge on any atom is 0.317 e. The van der Waals surface area contributed by atoms with E-state index in [0.29, 0.717) is 13.1 Å². The van der Waals surface area contributed by atoms with Gasteiger partial charge in [-0.3, -0.25) is 0 Å². The first-order valence-corrected chi connectivity index (χ1v) is 7.60. The van der Waals surface area contributed by atoms with E-state index in [2.05, 4.69) is 22.4 Å². The minimum Gasteiger partial charge on any atom is -0.389 e. The fourth-order valence-electron chi connectivity index (χ4n) is 2.37. The average molecular weight is 316 g/mol. The molecule has 0 unspecified atom stereocenters. The Bertz CT molecular complexity index is 632. The number of amides is 2. The zero-order valence-corrected chi connectivity index (χ0v) is 13.9. The summed E-state index contributed by atoms with van der Waals surface area (Å²) in [6.45, 7) is 4.66. The summed E-state index contributed by atoms with van der Waals surface area (Å²) < 4.78 is 2.01. The number of hydrogen-bond donors (Lipinski definition) is 2. The molecule has 23 heavy (non-hydrogen) atoms. The van der Waals surface area contributed by atoms with Gasteiger partial charge in [-0.1, -0.05) is 30.3 Å². The van der Waals surface area contributed by atoms with Gasteiger partial charge in [-0.15, -0.1) is 0 Å².